The zero-order chi connectivity index (χ0) is 8.01. The van der Waals surface area contributed by atoms with Crippen LogP contribution in [0.25, 0.3) is 0 Å². The summed E-state index contributed by atoms with van der Waals surface area (Å²) in [6.07, 6.45) is 3.82. The summed E-state index contributed by atoms with van der Waals surface area (Å²) in [5, 5.41) is 8.61. The molecule has 0 radical (unpaired) electrons. The van der Waals surface area contributed by atoms with Gasteiger partial charge in [0.2, 0.25) is 5.91 Å². The molecular formula is C7H7NO3. The zero-order valence-corrected chi connectivity index (χ0v) is 5.73. The lowest BCUT2D eigenvalue weighted by molar-refractivity contribution is -0.155. The summed E-state index contributed by atoms with van der Waals surface area (Å²) in [6.45, 7) is 0. The maximum atomic E-state index is 10.8. The molecule has 2 rings (SSSR count). The Bertz CT molecular complexity index is 258. The number of carboxylic acids is 1. The van der Waals surface area contributed by atoms with Crippen LogP contribution in [0.2, 0.25) is 0 Å². The quantitative estimate of drug-likeness (QED) is 0.412. The van der Waals surface area contributed by atoms with E-state index in [1.54, 1.807) is 12.2 Å². The van der Waals surface area contributed by atoms with Crippen molar-refractivity contribution in [2.75, 3.05) is 0 Å². The van der Waals surface area contributed by atoms with Crippen molar-refractivity contribution >= 4 is 11.9 Å². The van der Waals surface area contributed by atoms with Crippen LogP contribution in [0.3, 0.4) is 0 Å². The van der Waals surface area contributed by atoms with Crippen LogP contribution in [-0.4, -0.2) is 34.0 Å². The van der Waals surface area contributed by atoms with Gasteiger partial charge in [0.15, 0.2) is 0 Å². The Morgan fingerprint density at radius 1 is 1.64 bits per heavy atom. The molecule has 0 bridgehead atoms. The van der Waals surface area contributed by atoms with E-state index >= 15 is 0 Å². The van der Waals surface area contributed by atoms with E-state index in [1.807, 2.05) is 0 Å². The smallest absolute Gasteiger partial charge is 0.330 e. The lowest BCUT2D eigenvalue weighted by Crippen LogP contribution is -2.54. The molecule has 58 valence electrons. The highest BCUT2D eigenvalue weighted by molar-refractivity contribution is 5.91. The molecule has 0 aromatic heterocycles. The predicted octanol–water partition coefficient (Wildman–Crippen LogP) is -0.390. The number of hydrogen-bond acceptors (Lipinski definition) is 2. The number of hydrogen-bond donors (Lipinski definition) is 1. The minimum Gasteiger partial charge on any atom is -0.479 e. The number of carboxylic acid groups (broad SMARTS) is 1. The molecule has 0 aliphatic carbocycles. The predicted molar refractivity (Wildman–Crippen MR) is 35.8 cm³/mol. The highest BCUT2D eigenvalue weighted by atomic mass is 16.4. The molecule has 4 heteroatoms. The third-order valence-electron chi connectivity index (χ3n) is 2.10. The Kier molecular flexibility index (Phi) is 1.07. The van der Waals surface area contributed by atoms with Crippen LogP contribution >= 0.6 is 0 Å². The first-order valence-electron chi connectivity index (χ1n) is 3.42. The first-order chi connectivity index (χ1) is 5.20. The van der Waals surface area contributed by atoms with E-state index in [2.05, 4.69) is 0 Å². The lowest BCUT2D eigenvalue weighted by atomic mass is 10.0. The van der Waals surface area contributed by atoms with Crippen molar-refractivity contribution < 1.29 is 14.7 Å². The number of fused-ring (bicyclic) bond motifs is 1. The van der Waals surface area contributed by atoms with Gasteiger partial charge < -0.3 is 10.0 Å². The summed E-state index contributed by atoms with van der Waals surface area (Å²) < 4.78 is 0. The molecule has 11 heavy (non-hydrogen) atoms. The van der Waals surface area contributed by atoms with Crippen LogP contribution in [0, 0.1) is 0 Å². The van der Waals surface area contributed by atoms with Gasteiger partial charge >= 0.3 is 5.97 Å². The molecule has 2 atom stereocenters. The minimum atomic E-state index is -0.947. The second-order valence-corrected chi connectivity index (χ2v) is 2.74. The molecular weight excluding hydrogens is 146 g/mol. The Balaban J connectivity index is 2.20. The maximum Gasteiger partial charge on any atom is 0.330 e. The third-order valence-corrected chi connectivity index (χ3v) is 2.10. The van der Waals surface area contributed by atoms with E-state index in [0.29, 0.717) is 6.42 Å². The summed E-state index contributed by atoms with van der Waals surface area (Å²) in [5.41, 5.74) is 0. The van der Waals surface area contributed by atoms with Gasteiger partial charge in [-0.3, -0.25) is 4.79 Å². The van der Waals surface area contributed by atoms with Gasteiger partial charge in [-0.25, -0.2) is 4.79 Å². The molecule has 2 aliphatic heterocycles. The van der Waals surface area contributed by atoms with Crippen LogP contribution in [-0.2, 0) is 9.59 Å². The van der Waals surface area contributed by atoms with Crippen LogP contribution in [0.1, 0.15) is 6.42 Å². The number of aliphatic carboxylic acids is 1. The molecule has 1 N–H and O–H groups in total. The molecule has 1 saturated heterocycles. The highest BCUT2D eigenvalue weighted by Gasteiger charge is 2.44. The lowest BCUT2D eigenvalue weighted by Gasteiger charge is -2.36. The molecule has 0 unspecified atom stereocenters. The van der Waals surface area contributed by atoms with Crippen molar-refractivity contribution in [1.82, 2.24) is 4.90 Å². The summed E-state index contributed by atoms with van der Waals surface area (Å²) in [5.74, 6) is -1.01. The molecule has 0 spiro atoms. The number of β-lactam (4-membered cyclic amide) rings is 1. The van der Waals surface area contributed by atoms with Crippen LogP contribution < -0.4 is 0 Å². The van der Waals surface area contributed by atoms with Gasteiger partial charge in [0.25, 0.3) is 0 Å². The van der Waals surface area contributed by atoms with Crippen molar-refractivity contribution in [3.05, 3.63) is 12.2 Å². The fourth-order valence-corrected chi connectivity index (χ4v) is 1.50. The topological polar surface area (TPSA) is 57.6 Å². The second kappa shape index (κ2) is 1.84. The largest absolute Gasteiger partial charge is 0.479 e. The van der Waals surface area contributed by atoms with Gasteiger partial charge in [-0.05, 0) is 0 Å². The zero-order valence-electron chi connectivity index (χ0n) is 5.73. The van der Waals surface area contributed by atoms with Crippen molar-refractivity contribution in [1.29, 1.82) is 0 Å². The Morgan fingerprint density at radius 3 is 2.82 bits per heavy atom. The van der Waals surface area contributed by atoms with Gasteiger partial charge in [-0.2, -0.15) is 0 Å². The number of carbonyl (C=O) groups excluding carboxylic acids is 1. The first-order valence-corrected chi connectivity index (χ1v) is 3.42. The van der Waals surface area contributed by atoms with E-state index in [9.17, 15) is 9.59 Å². The van der Waals surface area contributed by atoms with Gasteiger partial charge in [0.05, 0.1) is 12.5 Å². The summed E-state index contributed by atoms with van der Waals surface area (Å²) >= 11 is 0. The average Bonchev–Trinajstić information content (AvgIpc) is 2.25. The number of nitrogens with zero attached hydrogens (tertiary/aromatic N) is 1. The molecule has 2 heterocycles. The summed E-state index contributed by atoms with van der Waals surface area (Å²) in [6, 6.07) is -0.648. The minimum absolute atomic E-state index is 0.0589. The van der Waals surface area contributed by atoms with Crippen LogP contribution in [0.4, 0.5) is 0 Å². The Morgan fingerprint density at radius 2 is 2.36 bits per heavy atom. The first kappa shape index (κ1) is 6.39. The van der Waals surface area contributed by atoms with Gasteiger partial charge in [-0.1, -0.05) is 12.2 Å². The number of rotatable bonds is 1. The standard InChI is InChI=1S/C7H7NO3/c9-6-3-4-1-2-5(7(10)11)8(4)6/h1-2,4-5H,3H2,(H,10,11)/t4-,5-/m0/s1. The van der Waals surface area contributed by atoms with Crippen molar-refractivity contribution in [2.45, 2.75) is 18.5 Å². The monoisotopic (exact) mass is 153 g/mol. The molecule has 1 fully saturated rings. The van der Waals surface area contributed by atoms with Gasteiger partial charge in [0.1, 0.15) is 6.04 Å². The van der Waals surface area contributed by atoms with E-state index in [4.69, 9.17) is 5.11 Å². The SMILES string of the molecule is O=C(O)[C@@H]1C=C[C@H]2CC(=O)N21. The molecule has 0 aromatic rings. The fourth-order valence-electron chi connectivity index (χ4n) is 1.50. The normalized spacial score (nSPS) is 33.5. The Labute approximate surface area is 63.1 Å². The van der Waals surface area contributed by atoms with Gasteiger partial charge in [-0.15, -0.1) is 0 Å². The third kappa shape index (κ3) is 0.691. The highest BCUT2D eigenvalue weighted by Crippen LogP contribution is 2.29. The van der Waals surface area contributed by atoms with Crippen molar-refractivity contribution in [3.8, 4) is 0 Å². The van der Waals surface area contributed by atoms with E-state index in [1.165, 1.54) is 4.90 Å². The Hall–Kier alpha value is -1.32. The van der Waals surface area contributed by atoms with E-state index in [0.717, 1.165) is 0 Å². The van der Waals surface area contributed by atoms with Crippen LogP contribution in [0.5, 0.6) is 0 Å². The average molecular weight is 153 g/mol. The van der Waals surface area contributed by atoms with Gasteiger partial charge in [0, 0.05) is 0 Å². The summed E-state index contributed by atoms with van der Waals surface area (Å²) in [7, 11) is 0. The van der Waals surface area contributed by atoms with Crippen molar-refractivity contribution in [3.63, 3.8) is 0 Å². The molecule has 0 aromatic carbocycles. The molecule has 0 saturated carbocycles. The second-order valence-electron chi connectivity index (χ2n) is 2.74. The number of carbonyl (C=O) groups is 2. The molecule has 1 amide bonds. The van der Waals surface area contributed by atoms with Crippen molar-refractivity contribution in [2.24, 2.45) is 0 Å². The van der Waals surface area contributed by atoms with E-state index in [-0.39, 0.29) is 11.9 Å². The maximum absolute atomic E-state index is 10.8. The number of amides is 1. The van der Waals surface area contributed by atoms with E-state index < -0.39 is 12.0 Å². The summed E-state index contributed by atoms with van der Waals surface area (Å²) in [4.78, 5) is 22.7. The van der Waals surface area contributed by atoms with Crippen LogP contribution in [0.15, 0.2) is 12.2 Å². The molecule has 4 nitrogen and oxygen atoms in total. The fraction of sp³-hybridized carbons (Fsp3) is 0.429. The molecule has 2 aliphatic rings.